The van der Waals surface area contributed by atoms with E-state index in [-0.39, 0.29) is 11.6 Å². The summed E-state index contributed by atoms with van der Waals surface area (Å²) in [6.45, 7) is 1.68. The molecule has 4 heteroatoms. The first kappa shape index (κ1) is 14.8. The lowest BCUT2D eigenvalue weighted by Crippen LogP contribution is -2.22. The number of hydrogen-bond donors (Lipinski definition) is 1. The molecular formula is C15H21F2NS. The van der Waals surface area contributed by atoms with Gasteiger partial charge in [0.1, 0.15) is 11.6 Å². The quantitative estimate of drug-likeness (QED) is 0.869. The van der Waals surface area contributed by atoms with Gasteiger partial charge >= 0.3 is 0 Å². The Kier molecular flexibility index (Phi) is 5.22. The Bertz CT molecular complexity index is 430. The fourth-order valence-corrected chi connectivity index (χ4v) is 4.06. The van der Waals surface area contributed by atoms with Crippen molar-refractivity contribution >= 4 is 11.8 Å². The van der Waals surface area contributed by atoms with E-state index in [0.717, 1.165) is 5.75 Å². The summed E-state index contributed by atoms with van der Waals surface area (Å²) in [6.07, 6.45) is 5.05. The van der Waals surface area contributed by atoms with Gasteiger partial charge in [0.05, 0.1) is 0 Å². The van der Waals surface area contributed by atoms with Crippen molar-refractivity contribution in [3.05, 3.63) is 34.9 Å². The second-order valence-electron chi connectivity index (χ2n) is 5.17. The monoisotopic (exact) mass is 285 g/mol. The van der Waals surface area contributed by atoms with E-state index in [9.17, 15) is 8.78 Å². The molecule has 1 nitrogen and oxygen atoms in total. The van der Waals surface area contributed by atoms with Crippen molar-refractivity contribution in [2.75, 3.05) is 12.8 Å². The first-order valence-corrected chi connectivity index (χ1v) is 7.91. The third-order valence-corrected chi connectivity index (χ3v) is 5.29. The predicted octanol–water partition coefficient (Wildman–Crippen LogP) is 4.21. The summed E-state index contributed by atoms with van der Waals surface area (Å²) in [5.41, 5.74) is 0.690. The molecule has 19 heavy (non-hydrogen) atoms. The topological polar surface area (TPSA) is 12.0 Å². The highest BCUT2D eigenvalue weighted by Gasteiger charge is 2.23. The minimum atomic E-state index is -0.450. The van der Waals surface area contributed by atoms with Crippen LogP contribution in [0.1, 0.15) is 42.9 Å². The molecule has 1 aliphatic rings. The summed E-state index contributed by atoms with van der Waals surface area (Å²) in [5.74, 6) is -0.140. The lowest BCUT2D eigenvalue weighted by molar-refractivity contribution is 0.509. The third kappa shape index (κ3) is 3.48. The van der Waals surface area contributed by atoms with E-state index in [0.29, 0.717) is 10.8 Å². The van der Waals surface area contributed by atoms with Crippen molar-refractivity contribution in [1.82, 2.24) is 5.32 Å². The van der Waals surface area contributed by atoms with Crippen molar-refractivity contribution in [2.24, 2.45) is 0 Å². The highest BCUT2D eigenvalue weighted by molar-refractivity contribution is 7.99. The summed E-state index contributed by atoms with van der Waals surface area (Å²) < 4.78 is 28.0. The lowest BCUT2D eigenvalue weighted by atomic mass is 10.0. The Morgan fingerprint density at radius 2 is 2.00 bits per heavy atom. The molecule has 106 valence electrons. The zero-order chi connectivity index (χ0) is 13.8. The Morgan fingerprint density at radius 3 is 2.63 bits per heavy atom. The Hall–Kier alpha value is -0.610. The van der Waals surface area contributed by atoms with Crippen molar-refractivity contribution in [1.29, 1.82) is 0 Å². The van der Waals surface area contributed by atoms with Gasteiger partial charge in [-0.1, -0.05) is 18.9 Å². The summed E-state index contributed by atoms with van der Waals surface area (Å²) in [4.78, 5) is 0. The third-order valence-electron chi connectivity index (χ3n) is 3.82. The second kappa shape index (κ2) is 6.71. The molecule has 1 fully saturated rings. The fraction of sp³-hybridized carbons (Fsp3) is 0.600. The molecule has 0 bridgehead atoms. The number of hydrogen-bond acceptors (Lipinski definition) is 2. The van der Waals surface area contributed by atoms with E-state index < -0.39 is 11.6 Å². The molecule has 1 N–H and O–H groups in total. The molecule has 2 rings (SSSR count). The first-order chi connectivity index (χ1) is 9.13. The van der Waals surface area contributed by atoms with Gasteiger partial charge in [0, 0.05) is 22.6 Å². The van der Waals surface area contributed by atoms with Crippen LogP contribution in [0.25, 0.3) is 0 Å². The van der Waals surface area contributed by atoms with Crippen LogP contribution in [-0.2, 0) is 0 Å². The normalized spacial score (nSPS) is 17.9. The molecule has 1 aliphatic carbocycles. The highest BCUT2D eigenvalue weighted by Crippen LogP contribution is 2.33. The van der Waals surface area contributed by atoms with Crippen LogP contribution in [0.2, 0.25) is 0 Å². The standard InChI is InChI=1S/C15H21F2NS/c1-10-7-8-12(16)14(15(10)17)13(18-2)9-19-11-5-3-4-6-11/h7-8,11,13,18H,3-6,9H2,1-2H3. The van der Waals surface area contributed by atoms with Gasteiger partial charge < -0.3 is 5.32 Å². The molecule has 1 atom stereocenters. The van der Waals surface area contributed by atoms with Crippen LogP contribution >= 0.6 is 11.8 Å². The molecule has 0 saturated heterocycles. The fourth-order valence-electron chi connectivity index (χ4n) is 2.60. The van der Waals surface area contributed by atoms with Crippen LogP contribution in [0.15, 0.2) is 12.1 Å². The van der Waals surface area contributed by atoms with Crippen LogP contribution in [0.3, 0.4) is 0 Å². The maximum atomic E-state index is 14.1. The number of halogens is 2. The van der Waals surface area contributed by atoms with E-state index in [1.165, 1.54) is 37.8 Å². The number of nitrogens with one attached hydrogen (secondary N) is 1. The number of thioether (sulfide) groups is 1. The largest absolute Gasteiger partial charge is 0.312 e. The average Bonchev–Trinajstić information content (AvgIpc) is 2.91. The van der Waals surface area contributed by atoms with Gasteiger partial charge in [-0.3, -0.25) is 0 Å². The van der Waals surface area contributed by atoms with Gasteiger partial charge in [-0.15, -0.1) is 0 Å². The van der Waals surface area contributed by atoms with Crippen LogP contribution in [0.4, 0.5) is 8.78 Å². The molecule has 0 heterocycles. The SMILES string of the molecule is CNC(CSC1CCCC1)c1c(F)ccc(C)c1F. The van der Waals surface area contributed by atoms with Crippen molar-refractivity contribution in [3.8, 4) is 0 Å². The zero-order valence-corrected chi connectivity index (χ0v) is 12.3. The van der Waals surface area contributed by atoms with Gasteiger partial charge in [-0.05, 0) is 38.4 Å². The van der Waals surface area contributed by atoms with Gasteiger partial charge in [-0.25, -0.2) is 8.78 Å². The minimum absolute atomic E-state index is 0.188. The Labute approximate surface area is 118 Å². The molecule has 1 saturated carbocycles. The highest BCUT2D eigenvalue weighted by atomic mass is 32.2. The van der Waals surface area contributed by atoms with Gasteiger partial charge in [0.25, 0.3) is 0 Å². The van der Waals surface area contributed by atoms with Crippen LogP contribution < -0.4 is 5.32 Å². The van der Waals surface area contributed by atoms with Gasteiger partial charge in [-0.2, -0.15) is 11.8 Å². The molecule has 1 unspecified atom stereocenters. The Balaban J connectivity index is 2.10. The summed E-state index contributed by atoms with van der Waals surface area (Å²) >= 11 is 1.84. The van der Waals surface area contributed by atoms with E-state index in [1.54, 1.807) is 14.0 Å². The Morgan fingerprint density at radius 1 is 1.32 bits per heavy atom. The number of aryl methyl sites for hydroxylation is 1. The molecule has 0 spiro atoms. The molecule has 0 radical (unpaired) electrons. The molecule has 1 aromatic rings. The minimum Gasteiger partial charge on any atom is -0.312 e. The number of benzene rings is 1. The van der Waals surface area contributed by atoms with Crippen molar-refractivity contribution in [3.63, 3.8) is 0 Å². The molecule has 0 aromatic heterocycles. The van der Waals surface area contributed by atoms with E-state index in [1.807, 2.05) is 11.8 Å². The summed E-state index contributed by atoms with van der Waals surface area (Å²) in [5, 5.41) is 3.71. The molecular weight excluding hydrogens is 264 g/mol. The van der Waals surface area contributed by atoms with E-state index in [2.05, 4.69) is 5.32 Å². The molecule has 0 aliphatic heterocycles. The average molecular weight is 285 g/mol. The number of rotatable bonds is 5. The summed E-state index contributed by atoms with van der Waals surface area (Å²) in [6, 6.07) is 2.59. The smallest absolute Gasteiger partial charge is 0.133 e. The van der Waals surface area contributed by atoms with Crippen LogP contribution in [-0.4, -0.2) is 18.1 Å². The second-order valence-corrected chi connectivity index (χ2v) is 6.51. The predicted molar refractivity (Wildman–Crippen MR) is 77.6 cm³/mol. The van der Waals surface area contributed by atoms with Crippen molar-refractivity contribution < 1.29 is 8.78 Å². The van der Waals surface area contributed by atoms with Crippen LogP contribution in [0, 0.1) is 18.6 Å². The van der Waals surface area contributed by atoms with Gasteiger partial charge in [0.2, 0.25) is 0 Å². The van der Waals surface area contributed by atoms with Crippen LogP contribution in [0.5, 0.6) is 0 Å². The van der Waals surface area contributed by atoms with E-state index in [4.69, 9.17) is 0 Å². The van der Waals surface area contributed by atoms with E-state index >= 15 is 0 Å². The maximum Gasteiger partial charge on any atom is 0.133 e. The summed E-state index contributed by atoms with van der Waals surface area (Å²) in [7, 11) is 1.76. The molecule has 0 amide bonds. The maximum absolute atomic E-state index is 14.1. The zero-order valence-electron chi connectivity index (χ0n) is 11.5. The first-order valence-electron chi connectivity index (χ1n) is 6.87. The van der Waals surface area contributed by atoms with Gasteiger partial charge in [0.15, 0.2) is 0 Å². The molecule has 1 aromatic carbocycles. The lowest BCUT2D eigenvalue weighted by Gasteiger charge is -2.20. The van der Waals surface area contributed by atoms with Crippen molar-refractivity contribution in [2.45, 2.75) is 43.9 Å².